The van der Waals surface area contributed by atoms with Crippen molar-refractivity contribution in [1.29, 1.82) is 0 Å². The van der Waals surface area contributed by atoms with Crippen LogP contribution in [0.25, 0.3) is 10.9 Å². The van der Waals surface area contributed by atoms with Crippen LogP contribution in [0.15, 0.2) is 36.4 Å². The fourth-order valence-electron chi connectivity index (χ4n) is 4.04. The summed E-state index contributed by atoms with van der Waals surface area (Å²) in [5.41, 5.74) is 5.84. The summed E-state index contributed by atoms with van der Waals surface area (Å²) in [4.78, 5) is 11.2. The standard InChI is InChI=1S/C24H30FN3O2/c1-5-8-19(13-23(29)30)27-22-10-7-6-9-21(22)26-14-17-11-18(25)12-20-15(2)16(3)28(4)24(17)20/h6-7,9-12,19,26-27H,5,8,13-14H2,1-4H3,(H,29,30). The lowest BCUT2D eigenvalue weighted by molar-refractivity contribution is -0.137. The summed E-state index contributed by atoms with van der Waals surface area (Å²) in [5, 5.41) is 16.9. The van der Waals surface area contributed by atoms with Crippen molar-refractivity contribution in [3.05, 3.63) is 59.0 Å². The van der Waals surface area contributed by atoms with Gasteiger partial charge in [0.15, 0.2) is 0 Å². The number of benzene rings is 2. The molecule has 0 spiro atoms. The lowest BCUT2D eigenvalue weighted by atomic mass is 10.1. The van der Waals surface area contributed by atoms with Gasteiger partial charge >= 0.3 is 5.97 Å². The van der Waals surface area contributed by atoms with Gasteiger partial charge in [0.2, 0.25) is 0 Å². The highest BCUT2D eigenvalue weighted by molar-refractivity contribution is 5.88. The van der Waals surface area contributed by atoms with Crippen LogP contribution in [0.4, 0.5) is 15.8 Å². The van der Waals surface area contributed by atoms with E-state index in [-0.39, 0.29) is 18.3 Å². The second-order valence-corrected chi connectivity index (χ2v) is 7.86. The minimum Gasteiger partial charge on any atom is -0.481 e. The van der Waals surface area contributed by atoms with E-state index in [0.717, 1.165) is 51.9 Å². The first kappa shape index (κ1) is 21.7. The number of para-hydroxylation sites is 2. The number of rotatable bonds is 9. The van der Waals surface area contributed by atoms with Crippen molar-refractivity contribution in [1.82, 2.24) is 4.57 Å². The number of anilines is 2. The fourth-order valence-corrected chi connectivity index (χ4v) is 4.04. The van der Waals surface area contributed by atoms with Crippen LogP contribution >= 0.6 is 0 Å². The zero-order valence-electron chi connectivity index (χ0n) is 18.1. The highest BCUT2D eigenvalue weighted by Gasteiger charge is 2.16. The summed E-state index contributed by atoms with van der Waals surface area (Å²) in [6.07, 6.45) is 1.73. The maximum absolute atomic E-state index is 14.3. The quantitative estimate of drug-likeness (QED) is 0.429. The van der Waals surface area contributed by atoms with Crippen LogP contribution in [0.5, 0.6) is 0 Å². The predicted molar refractivity (Wildman–Crippen MR) is 121 cm³/mol. The summed E-state index contributed by atoms with van der Waals surface area (Å²) in [7, 11) is 2.00. The van der Waals surface area contributed by atoms with Crippen LogP contribution < -0.4 is 10.6 Å². The third kappa shape index (κ3) is 4.58. The molecule has 0 amide bonds. The second-order valence-electron chi connectivity index (χ2n) is 7.86. The van der Waals surface area contributed by atoms with Crippen LogP contribution in [0, 0.1) is 19.7 Å². The van der Waals surface area contributed by atoms with E-state index in [2.05, 4.69) is 15.2 Å². The van der Waals surface area contributed by atoms with E-state index < -0.39 is 5.97 Å². The maximum atomic E-state index is 14.3. The zero-order valence-corrected chi connectivity index (χ0v) is 18.1. The molecule has 0 aliphatic rings. The van der Waals surface area contributed by atoms with E-state index in [1.54, 1.807) is 12.1 Å². The molecule has 0 radical (unpaired) electrons. The molecule has 2 aromatic carbocycles. The molecule has 1 aromatic heterocycles. The lowest BCUT2D eigenvalue weighted by Crippen LogP contribution is -2.23. The topological polar surface area (TPSA) is 66.3 Å². The van der Waals surface area contributed by atoms with Crippen LogP contribution in [-0.4, -0.2) is 21.7 Å². The van der Waals surface area contributed by atoms with Crippen molar-refractivity contribution in [3.8, 4) is 0 Å². The molecule has 30 heavy (non-hydrogen) atoms. The third-order valence-electron chi connectivity index (χ3n) is 5.75. The molecule has 0 aliphatic carbocycles. The Hall–Kier alpha value is -3.02. The highest BCUT2D eigenvalue weighted by atomic mass is 19.1. The van der Waals surface area contributed by atoms with Crippen LogP contribution in [0.3, 0.4) is 0 Å². The van der Waals surface area contributed by atoms with E-state index in [0.29, 0.717) is 6.54 Å². The third-order valence-corrected chi connectivity index (χ3v) is 5.75. The number of halogens is 1. The molecule has 1 unspecified atom stereocenters. The van der Waals surface area contributed by atoms with Crippen molar-refractivity contribution >= 4 is 28.2 Å². The largest absolute Gasteiger partial charge is 0.481 e. The van der Waals surface area contributed by atoms with Gasteiger partial charge in [0.1, 0.15) is 5.82 Å². The number of aryl methyl sites for hydroxylation is 2. The number of fused-ring (bicyclic) bond motifs is 1. The zero-order chi connectivity index (χ0) is 21.8. The van der Waals surface area contributed by atoms with Crippen LogP contribution in [-0.2, 0) is 18.4 Å². The molecule has 160 valence electrons. The van der Waals surface area contributed by atoms with Gasteiger partial charge in [-0.25, -0.2) is 4.39 Å². The molecule has 0 fully saturated rings. The maximum Gasteiger partial charge on any atom is 0.305 e. The van der Waals surface area contributed by atoms with Gasteiger partial charge in [0, 0.05) is 30.7 Å². The van der Waals surface area contributed by atoms with Gasteiger partial charge < -0.3 is 20.3 Å². The Bertz CT molecular complexity index is 1060. The Morgan fingerprint density at radius 2 is 1.90 bits per heavy atom. The molecule has 3 N–H and O–H groups in total. The summed E-state index contributed by atoms with van der Waals surface area (Å²) in [6, 6.07) is 10.8. The fraction of sp³-hybridized carbons (Fsp3) is 0.375. The molecular weight excluding hydrogens is 381 g/mol. The van der Waals surface area contributed by atoms with Crippen molar-refractivity contribution in [2.75, 3.05) is 10.6 Å². The first-order valence-electron chi connectivity index (χ1n) is 10.4. The van der Waals surface area contributed by atoms with E-state index in [9.17, 15) is 14.3 Å². The Balaban J connectivity index is 1.87. The Morgan fingerprint density at radius 3 is 2.57 bits per heavy atom. The molecule has 0 bridgehead atoms. The number of hydrogen-bond acceptors (Lipinski definition) is 3. The highest BCUT2D eigenvalue weighted by Crippen LogP contribution is 2.30. The molecule has 6 heteroatoms. The number of carboxylic acid groups (broad SMARTS) is 1. The number of nitrogens with one attached hydrogen (secondary N) is 2. The first-order chi connectivity index (χ1) is 14.3. The number of carbonyl (C=O) groups is 1. The Labute approximate surface area is 176 Å². The molecule has 0 saturated carbocycles. The van der Waals surface area contributed by atoms with Gasteiger partial charge in [-0.05, 0) is 55.7 Å². The minimum absolute atomic E-state index is 0.0641. The Morgan fingerprint density at radius 1 is 1.20 bits per heavy atom. The number of aromatic nitrogens is 1. The molecule has 1 atom stereocenters. The molecule has 1 heterocycles. The minimum atomic E-state index is -0.817. The van der Waals surface area contributed by atoms with Gasteiger partial charge in [-0.1, -0.05) is 25.5 Å². The molecule has 3 rings (SSSR count). The molecule has 0 saturated heterocycles. The number of hydrogen-bond donors (Lipinski definition) is 3. The van der Waals surface area contributed by atoms with Crippen LogP contribution in [0.2, 0.25) is 0 Å². The summed E-state index contributed by atoms with van der Waals surface area (Å²) < 4.78 is 16.4. The van der Waals surface area contributed by atoms with E-state index in [4.69, 9.17) is 0 Å². The summed E-state index contributed by atoms with van der Waals surface area (Å²) in [5.74, 6) is -1.06. The molecular formula is C24H30FN3O2. The smallest absolute Gasteiger partial charge is 0.305 e. The predicted octanol–water partition coefficient (Wildman–Crippen LogP) is 5.60. The number of carboxylic acids is 1. The van der Waals surface area contributed by atoms with E-state index in [1.165, 1.54) is 0 Å². The van der Waals surface area contributed by atoms with Crippen molar-refractivity contribution in [2.24, 2.45) is 7.05 Å². The average Bonchev–Trinajstić information content (AvgIpc) is 2.91. The van der Waals surface area contributed by atoms with Gasteiger partial charge in [-0.2, -0.15) is 0 Å². The SMILES string of the molecule is CCCC(CC(=O)O)Nc1ccccc1NCc1cc(F)cc2c(C)c(C)n(C)c12. The van der Waals surface area contributed by atoms with Gasteiger partial charge in [0.25, 0.3) is 0 Å². The van der Waals surface area contributed by atoms with E-state index in [1.807, 2.05) is 52.1 Å². The van der Waals surface area contributed by atoms with Crippen molar-refractivity contribution in [3.63, 3.8) is 0 Å². The van der Waals surface area contributed by atoms with Gasteiger partial charge in [-0.15, -0.1) is 0 Å². The van der Waals surface area contributed by atoms with Crippen LogP contribution in [0.1, 0.15) is 43.0 Å². The molecule has 5 nitrogen and oxygen atoms in total. The monoisotopic (exact) mass is 411 g/mol. The molecule has 3 aromatic rings. The molecule has 0 aliphatic heterocycles. The normalized spacial score (nSPS) is 12.2. The van der Waals surface area contributed by atoms with Crippen molar-refractivity contribution in [2.45, 2.75) is 52.6 Å². The number of aliphatic carboxylic acids is 1. The summed E-state index contributed by atoms with van der Waals surface area (Å²) >= 11 is 0. The average molecular weight is 412 g/mol. The van der Waals surface area contributed by atoms with E-state index >= 15 is 0 Å². The van der Waals surface area contributed by atoms with Gasteiger partial charge in [-0.3, -0.25) is 4.79 Å². The Kier molecular flexibility index (Phi) is 6.65. The number of nitrogens with zero attached hydrogens (tertiary/aromatic N) is 1. The second kappa shape index (κ2) is 9.20. The lowest BCUT2D eigenvalue weighted by Gasteiger charge is -2.21. The van der Waals surface area contributed by atoms with Crippen molar-refractivity contribution < 1.29 is 14.3 Å². The van der Waals surface area contributed by atoms with Gasteiger partial charge in [0.05, 0.1) is 23.3 Å². The summed E-state index contributed by atoms with van der Waals surface area (Å²) in [6.45, 7) is 6.56. The first-order valence-corrected chi connectivity index (χ1v) is 10.4.